The molecule has 2 heterocycles. The Morgan fingerprint density at radius 3 is 2.95 bits per heavy atom. The Balaban J connectivity index is 1.96. The van der Waals surface area contributed by atoms with E-state index in [2.05, 4.69) is 23.8 Å². The molecule has 5 nitrogen and oxygen atoms in total. The van der Waals surface area contributed by atoms with E-state index in [1.807, 2.05) is 7.05 Å². The average Bonchev–Trinajstić information content (AvgIpc) is 2.82. The van der Waals surface area contributed by atoms with Crippen molar-refractivity contribution in [3.05, 3.63) is 21.6 Å². The number of halogens is 1. The molecule has 1 saturated heterocycles. The van der Waals surface area contributed by atoms with Crippen LogP contribution in [0.3, 0.4) is 0 Å². The summed E-state index contributed by atoms with van der Waals surface area (Å²) >= 11 is 6.21. The normalized spacial score (nSPS) is 30.8. The second-order valence-electron chi connectivity index (χ2n) is 6.39. The molecule has 0 bridgehead atoms. The van der Waals surface area contributed by atoms with Crippen LogP contribution in [0.15, 0.2) is 11.0 Å². The number of aromatic nitrogens is 2. The first-order valence-corrected chi connectivity index (χ1v) is 7.29. The standard InChI is InChI=1S/C14H20ClN3O2/c1-14(2)11(8-5-6-20-12(8)14)17(3)9-7-16-18(4)13(19)10(9)15/h7-8,11-12H,5-6H2,1-4H3. The fourth-order valence-electron chi connectivity index (χ4n) is 3.98. The fraction of sp³-hybridized carbons (Fsp3) is 0.714. The lowest BCUT2D eigenvalue weighted by atomic mass is 9.56. The Morgan fingerprint density at radius 1 is 1.55 bits per heavy atom. The van der Waals surface area contributed by atoms with E-state index < -0.39 is 0 Å². The number of fused-ring (bicyclic) bond motifs is 1. The van der Waals surface area contributed by atoms with E-state index in [1.54, 1.807) is 13.2 Å². The van der Waals surface area contributed by atoms with E-state index in [0.29, 0.717) is 23.8 Å². The fourth-order valence-corrected chi connectivity index (χ4v) is 4.29. The van der Waals surface area contributed by atoms with Crippen LogP contribution < -0.4 is 10.5 Å². The van der Waals surface area contributed by atoms with Crippen molar-refractivity contribution >= 4 is 17.3 Å². The van der Waals surface area contributed by atoms with Gasteiger partial charge in [0.25, 0.3) is 5.56 Å². The van der Waals surface area contributed by atoms with Crippen molar-refractivity contribution in [2.24, 2.45) is 18.4 Å². The van der Waals surface area contributed by atoms with E-state index in [-0.39, 0.29) is 16.0 Å². The van der Waals surface area contributed by atoms with Gasteiger partial charge < -0.3 is 9.64 Å². The smallest absolute Gasteiger partial charge is 0.287 e. The van der Waals surface area contributed by atoms with E-state index in [0.717, 1.165) is 13.0 Å². The van der Waals surface area contributed by atoms with Gasteiger partial charge in [-0.05, 0) is 6.42 Å². The highest BCUT2D eigenvalue weighted by Crippen LogP contribution is 2.55. The first-order valence-electron chi connectivity index (χ1n) is 6.92. The monoisotopic (exact) mass is 297 g/mol. The van der Waals surface area contributed by atoms with Crippen LogP contribution >= 0.6 is 11.6 Å². The van der Waals surface area contributed by atoms with Crippen molar-refractivity contribution < 1.29 is 4.74 Å². The SMILES string of the molecule is CN(c1cnn(C)c(=O)c1Cl)C1C2CCOC2C1(C)C. The number of hydrogen-bond acceptors (Lipinski definition) is 4. The second-order valence-corrected chi connectivity index (χ2v) is 6.77. The molecule has 3 rings (SSSR count). The lowest BCUT2D eigenvalue weighted by molar-refractivity contribution is -0.101. The van der Waals surface area contributed by atoms with Gasteiger partial charge >= 0.3 is 0 Å². The summed E-state index contributed by atoms with van der Waals surface area (Å²) in [6, 6.07) is 0.321. The maximum atomic E-state index is 11.9. The van der Waals surface area contributed by atoms with Crippen LogP contribution in [0.1, 0.15) is 20.3 Å². The van der Waals surface area contributed by atoms with Crippen molar-refractivity contribution in [1.29, 1.82) is 0 Å². The third-order valence-corrected chi connectivity index (χ3v) is 5.25. The number of nitrogens with zero attached hydrogens (tertiary/aromatic N) is 3. The molecule has 1 aliphatic carbocycles. The molecule has 6 heteroatoms. The quantitative estimate of drug-likeness (QED) is 0.833. The minimum absolute atomic E-state index is 0.0559. The topological polar surface area (TPSA) is 47.4 Å². The van der Waals surface area contributed by atoms with Crippen molar-refractivity contribution in [2.75, 3.05) is 18.6 Å². The Hall–Kier alpha value is -1.07. The molecule has 1 aromatic rings. The van der Waals surface area contributed by atoms with Gasteiger partial charge in [-0.1, -0.05) is 25.4 Å². The van der Waals surface area contributed by atoms with Crippen LogP contribution in [0.2, 0.25) is 5.02 Å². The second kappa shape index (κ2) is 4.46. The van der Waals surface area contributed by atoms with Crippen LogP contribution in [0.4, 0.5) is 5.69 Å². The van der Waals surface area contributed by atoms with Gasteiger partial charge in [-0.25, -0.2) is 4.68 Å². The largest absolute Gasteiger partial charge is 0.377 e. The number of hydrogen-bond donors (Lipinski definition) is 0. The third-order valence-electron chi connectivity index (χ3n) is 4.90. The average molecular weight is 298 g/mol. The molecule has 1 saturated carbocycles. The van der Waals surface area contributed by atoms with Gasteiger partial charge in [0, 0.05) is 38.1 Å². The van der Waals surface area contributed by atoms with Gasteiger partial charge in [0.05, 0.1) is 18.0 Å². The van der Waals surface area contributed by atoms with Gasteiger partial charge in [-0.15, -0.1) is 0 Å². The van der Waals surface area contributed by atoms with Gasteiger partial charge in [0.1, 0.15) is 5.02 Å². The Labute approximate surface area is 123 Å². The summed E-state index contributed by atoms with van der Waals surface area (Å²) in [5.41, 5.74) is 0.505. The molecule has 0 N–H and O–H groups in total. The zero-order chi connectivity index (χ0) is 14.7. The summed E-state index contributed by atoms with van der Waals surface area (Å²) in [7, 11) is 3.59. The minimum atomic E-state index is -0.257. The van der Waals surface area contributed by atoms with Crippen LogP contribution in [-0.2, 0) is 11.8 Å². The van der Waals surface area contributed by atoms with Gasteiger partial charge in [0.2, 0.25) is 0 Å². The molecule has 3 atom stereocenters. The summed E-state index contributed by atoms with van der Waals surface area (Å²) < 4.78 is 7.07. The molecular weight excluding hydrogens is 278 g/mol. The predicted molar refractivity (Wildman–Crippen MR) is 78.3 cm³/mol. The van der Waals surface area contributed by atoms with E-state index in [4.69, 9.17) is 16.3 Å². The molecule has 2 fully saturated rings. The van der Waals surface area contributed by atoms with Gasteiger partial charge in [-0.2, -0.15) is 5.10 Å². The van der Waals surface area contributed by atoms with Gasteiger partial charge in [-0.3, -0.25) is 4.79 Å². The van der Waals surface area contributed by atoms with Crippen molar-refractivity contribution in [3.8, 4) is 0 Å². The zero-order valence-corrected chi connectivity index (χ0v) is 13.0. The number of anilines is 1. The molecule has 0 radical (unpaired) electrons. The third kappa shape index (κ3) is 1.72. The molecule has 1 aromatic heterocycles. The summed E-state index contributed by atoms with van der Waals surface area (Å²) in [5, 5.41) is 4.32. The lowest BCUT2D eigenvalue weighted by Gasteiger charge is -2.58. The Morgan fingerprint density at radius 2 is 2.25 bits per heavy atom. The van der Waals surface area contributed by atoms with Crippen LogP contribution in [-0.4, -0.2) is 35.6 Å². The van der Waals surface area contributed by atoms with Crippen molar-refractivity contribution in [2.45, 2.75) is 32.4 Å². The van der Waals surface area contributed by atoms with Crippen LogP contribution in [0, 0.1) is 11.3 Å². The molecule has 20 heavy (non-hydrogen) atoms. The van der Waals surface area contributed by atoms with Crippen LogP contribution in [0.5, 0.6) is 0 Å². The minimum Gasteiger partial charge on any atom is -0.377 e. The lowest BCUT2D eigenvalue weighted by Crippen LogP contribution is -2.66. The Kier molecular flexibility index (Phi) is 3.10. The number of ether oxygens (including phenoxy) is 1. The maximum absolute atomic E-state index is 11.9. The van der Waals surface area contributed by atoms with E-state index in [1.165, 1.54) is 4.68 Å². The highest BCUT2D eigenvalue weighted by Gasteiger charge is 2.61. The number of aryl methyl sites for hydroxylation is 1. The molecule has 3 unspecified atom stereocenters. The predicted octanol–water partition coefficient (Wildman–Crippen LogP) is 1.68. The molecule has 0 aromatic carbocycles. The molecule has 110 valence electrons. The molecular formula is C14H20ClN3O2. The Bertz CT molecular complexity index is 599. The number of rotatable bonds is 2. The molecule has 0 amide bonds. The summed E-state index contributed by atoms with van der Waals surface area (Å²) in [5.74, 6) is 0.509. The summed E-state index contributed by atoms with van der Waals surface area (Å²) in [6.45, 7) is 5.25. The molecule has 0 spiro atoms. The van der Waals surface area contributed by atoms with Crippen molar-refractivity contribution in [3.63, 3.8) is 0 Å². The molecule has 2 aliphatic rings. The first kappa shape index (κ1) is 13.9. The summed E-state index contributed by atoms with van der Waals surface area (Å²) in [6.07, 6.45) is 3.05. The molecule has 1 aliphatic heterocycles. The first-order chi connectivity index (χ1) is 9.35. The van der Waals surface area contributed by atoms with E-state index in [9.17, 15) is 4.79 Å². The maximum Gasteiger partial charge on any atom is 0.287 e. The zero-order valence-electron chi connectivity index (χ0n) is 12.3. The van der Waals surface area contributed by atoms with Crippen molar-refractivity contribution in [1.82, 2.24) is 9.78 Å². The highest BCUT2D eigenvalue weighted by molar-refractivity contribution is 6.33. The van der Waals surface area contributed by atoms with E-state index >= 15 is 0 Å². The van der Waals surface area contributed by atoms with Gasteiger partial charge in [0.15, 0.2) is 0 Å². The van der Waals surface area contributed by atoms with Crippen LogP contribution in [0.25, 0.3) is 0 Å². The highest BCUT2D eigenvalue weighted by atomic mass is 35.5. The summed E-state index contributed by atoms with van der Waals surface area (Å²) in [4.78, 5) is 14.0.